The molecule has 228 valence electrons. The van der Waals surface area contributed by atoms with E-state index in [0.717, 1.165) is 5.56 Å². The lowest BCUT2D eigenvalue weighted by Gasteiger charge is -2.29. The first-order chi connectivity index (χ1) is 19.5. The SMILES string of the molecule is CCNC(=O)[C@H](CCCNC(=N)N)NC(=O)C1Cc2ccc(cc2)OCCC[C@H](C(=O)NO)[C@@H](CC(C)C)C(=O)N1. The maximum Gasteiger partial charge on any atom is 0.247 e. The van der Waals surface area contributed by atoms with E-state index >= 15 is 0 Å². The highest BCUT2D eigenvalue weighted by Crippen LogP contribution is 2.27. The summed E-state index contributed by atoms with van der Waals surface area (Å²) >= 11 is 0. The van der Waals surface area contributed by atoms with E-state index in [1.54, 1.807) is 24.5 Å². The van der Waals surface area contributed by atoms with Crippen LogP contribution in [0.1, 0.15) is 58.4 Å². The number of ether oxygens (including phenoxy) is 1. The van der Waals surface area contributed by atoms with Gasteiger partial charge in [0, 0.05) is 25.4 Å². The Morgan fingerprint density at radius 1 is 1.17 bits per heavy atom. The van der Waals surface area contributed by atoms with Gasteiger partial charge in [-0.15, -0.1) is 0 Å². The standard InChI is InChI=1S/C28H45N7O6/c1-4-31-26(38)22(8-5-13-32-28(29)30)33-27(39)23-16-18-9-11-19(12-10-18)41-14-6-7-20(25(37)35-40)21(15-17(2)3)24(36)34-23/h9-12,17,20-23,40H,4-8,13-16H2,1-3H3,(H,31,38)(H,33,39)(H,34,36)(H,35,37)(H4,29,30,32)/t20-,21+,22-,23?/m0/s1. The lowest BCUT2D eigenvalue weighted by Crippen LogP contribution is -2.56. The van der Waals surface area contributed by atoms with Crippen LogP contribution >= 0.6 is 0 Å². The van der Waals surface area contributed by atoms with E-state index in [1.807, 2.05) is 26.0 Å². The van der Waals surface area contributed by atoms with Gasteiger partial charge in [-0.25, -0.2) is 5.48 Å². The third-order valence-corrected chi connectivity index (χ3v) is 6.89. The third kappa shape index (κ3) is 11.3. The minimum atomic E-state index is -1.04. The Morgan fingerprint density at radius 2 is 1.88 bits per heavy atom. The molecular weight excluding hydrogens is 530 g/mol. The van der Waals surface area contributed by atoms with Crippen molar-refractivity contribution in [3.05, 3.63) is 29.8 Å². The maximum absolute atomic E-state index is 13.7. The Labute approximate surface area is 241 Å². The van der Waals surface area contributed by atoms with Crippen LogP contribution in [0.25, 0.3) is 0 Å². The third-order valence-electron chi connectivity index (χ3n) is 6.89. The molecule has 13 nitrogen and oxygen atoms in total. The van der Waals surface area contributed by atoms with E-state index < -0.39 is 41.6 Å². The molecule has 1 aromatic rings. The number of nitrogens with one attached hydrogen (secondary N) is 6. The molecule has 0 saturated heterocycles. The maximum atomic E-state index is 13.7. The molecule has 2 aliphatic heterocycles. The number of guanidine groups is 1. The molecule has 4 amide bonds. The van der Waals surface area contributed by atoms with Crippen LogP contribution in [0, 0.1) is 23.2 Å². The molecule has 4 atom stereocenters. The van der Waals surface area contributed by atoms with E-state index in [4.69, 9.17) is 15.9 Å². The minimum Gasteiger partial charge on any atom is -0.494 e. The molecular formula is C28H45N7O6. The molecule has 3 rings (SSSR count). The van der Waals surface area contributed by atoms with Crippen molar-refractivity contribution in [1.29, 1.82) is 5.41 Å². The summed E-state index contributed by atoms with van der Waals surface area (Å²) in [4.78, 5) is 52.8. The Kier molecular flexibility index (Phi) is 13.9. The first-order valence-corrected chi connectivity index (χ1v) is 14.2. The van der Waals surface area contributed by atoms with E-state index in [9.17, 15) is 24.4 Å². The van der Waals surface area contributed by atoms with Gasteiger partial charge in [0.05, 0.1) is 12.5 Å². The van der Waals surface area contributed by atoms with Crippen LogP contribution in [0.5, 0.6) is 5.75 Å². The van der Waals surface area contributed by atoms with Crippen LogP contribution in [-0.4, -0.2) is 66.6 Å². The normalized spacial score (nSPS) is 20.1. The van der Waals surface area contributed by atoms with Crippen LogP contribution in [0.2, 0.25) is 0 Å². The number of hydroxylamine groups is 1. The zero-order chi connectivity index (χ0) is 30.4. The fraction of sp³-hybridized carbons (Fsp3) is 0.607. The highest BCUT2D eigenvalue weighted by atomic mass is 16.5. The van der Waals surface area contributed by atoms with Gasteiger partial charge in [0.25, 0.3) is 0 Å². The second kappa shape index (κ2) is 17.1. The lowest BCUT2D eigenvalue weighted by atomic mass is 9.81. The molecule has 0 aliphatic carbocycles. The summed E-state index contributed by atoms with van der Waals surface area (Å²) in [5.74, 6) is -3.21. The molecule has 0 aromatic heterocycles. The first kappa shape index (κ1) is 33.3. The highest BCUT2D eigenvalue weighted by Gasteiger charge is 2.36. The molecule has 0 saturated carbocycles. The number of likely N-dealkylation sites (N-methyl/N-ethyl adjacent to an activating group) is 1. The smallest absolute Gasteiger partial charge is 0.247 e. The van der Waals surface area contributed by atoms with Crippen molar-refractivity contribution in [3.8, 4) is 5.75 Å². The molecule has 0 radical (unpaired) electrons. The molecule has 2 bridgehead atoms. The zero-order valence-corrected chi connectivity index (χ0v) is 24.1. The quantitative estimate of drug-likeness (QED) is 0.0613. The van der Waals surface area contributed by atoms with Crippen molar-refractivity contribution in [1.82, 2.24) is 26.7 Å². The number of hydrogen-bond acceptors (Lipinski definition) is 7. The number of amides is 4. The zero-order valence-electron chi connectivity index (χ0n) is 24.1. The Balaban J connectivity index is 2.37. The summed E-state index contributed by atoms with van der Waals surface area (Å²) in [6.07, 6.45) is 1.99. The van der Waals surface area contributed by atoms with Gasteiger partial charge in [-0.2, -0.15) is 0 Å². The summed E-state index contributed by atoms with van der Waals surface area (Å²) in [5.41, 5.74) is 7.79. The molecule has 13 heteroatoms. The predicted molar refractivity (Wildman–Crippen MR) is 153 cm³/mol. The van der Waals surface area contributed by atoms with Gasteiger partial charge in [0.15, 0.2) is 5.96 Å². The number of benzene rings is 1. The van der Waals surface area contributed by atoms with Crippen LogP contribution in [0.15, 0.2) is 24.3 Å². The number of nitrogens with two attached hydrogens (primary N) is 1. The van der Waals surface area contributed by atoms with Gasteiger partial charge >= 0.3 is 0 Å². The largest absolute Gasteiger partial charge is 0.494 e. The number of fused-ring (bicyclic) bond motifs is 11. The second-order valence-electron chi connectivity index (χ2n) is 10.7. The number of carbonyl (C=O) groups excluding carboxylic acids is 4. The molecule has 2 aliphatic rings. The molecule has 9 N–H and O–H groups in total. The molecule has 1 aromatic carbocycles. The number of carbonyl (C=O) groups is 4. The fourth-order valence-corrected chi connectivity index (χ4v) is 4.87. The van der Waals surface area contributed by atoms with E-state index in [1.165, 1.54) is 0 Å². The van der Waals surface area contributed by atoms with Gasteiger partial charge in [-0.3, -0.25) is 29.8 Å². The van der Waals surface area contributed by atoms with Gasteiger partial charge in [-0.05, 0) is 62.6 Å². The fourth-order valence-electron chi connectivity index (χ4n) is 4.87. The topological polar surface area (TPSA) is 208 Å². The molecule has 41 heavy (non-hydrogen) atoms. The van der Waals surface area contributed by atoms with Crippen molar-refractivity contribution in [2.45, 2.75) is 71.4 Å². The van der Waals surface area contributed by atoms with Crippen LogP contribution in [-0.2, 0) is 25.6 Å². The molecule has 0 spiro atoms. The Bertz CT molecular complexity index is 1030. The van der Waals surface area contributed by atoms with E-state index in [2.05, 4.69) is 21.3 Å². The van der Waals surface area contributed by atoms with Crippen LogP contribution in [0.4, 0.5) is 0 Å². The second-order valence-corrected chi connectivity index (χ2v) is 10.7. The molecule has 0 fully saturated rings. The Morgan fingerprint density at radius 3 is 2.49 bits per heavy atom. The number of hydrogen-bond donors (Lipinski definition) is 8. The summed E-state index contributed by atoms with van der Waals surface area (Å²) in [5, 5.41) is 27.7. The van der Waals surface area contributed by atoms with Gasteiger partial charge in [0.1, 0.15) is 17.8 Å². The van der Waals surface area contributed by atoms with Crippen LogP contribution in [0.3, 0.4) is 0 Å². The summed E-state index contributed by atoms with van der Waals surface area (Å²) in [6.45, 7) is 6.68. The minimum absolute atomic E-state index is 0.0553. The van der Waals surface area contributed by atoms with Gasteiger partial charge in [0.2, 0.25) is 23.6 Å². The van der Waals surface area contributed by atoms with Crippen molar-refractivity contribution in [2.24, 2.45) is 23.5 Å². The summed E-state index contributed by atoms with van der Waals surface area (Å²) in [7, 11) is 0. The highest BCUT2D eigenvalue weighted by molar-refractivity contribution is 5.94. The summed E-state index contributed by atoms with van der Waals surface area (Å²) in [6, 6.07) is 5.26. The van der Waals surface area contributed by atoms with Gasteiger partial charge in [-0.1, -0.05) is 26.0 Å². The molecule has 2 heterocycles. The van der Waals surface area contributed by atoms with Crippen LogP contribution < -0.4 is 37.2 Å². The van der Waals surface area contributed by atoms with Crippen molar-refractivity contribution >= 4 is 29.6 Å². The monoisotopic (exact) mass is 575 g/mol. The lowest BCUT2D eigenvalue weighted by molar-refractivity contribution is -0.142. The van der Waals surface area contributed by atoms with E-state index in [0.29, 0.717) is 51.1 Å². The summed E-state index contributed by atoms with van der Waals surface area (Å²) < 4.78 is 5.80. The average Bonchev–Trinajstić information content (AvgIpc) is 2.93. The van der Waals surface area contributed by atoms with Crippen molar-refractivity contribution in [2.75, 3.05) is 19.7 Å². The Hall–Kier alpha value is -3.87. The predicted octanol–water partition coefficient (Wildman–Crippen LogP) is 0.555. The van der Waals surface area contributed by atoms with Gasteiger partial charge < -0.3 is 31.7 Å². The van der Waals surface area contributed by atoms with Crippen molar-refractivity contribution in [3.63, 3.8) is 0 Å². The van der Waals surface area contributed by atoms with Crippen molar-refractivity contribution < 1.29 is 29.1 Å². The number of rotatable bonds is 11. The molecule has 1 unspecified atom stereocenters. The average molecular weight is 576 g/mol. The van der Waals surface area contributed by atoms with E-state index in [-0.39, 0.29) is 30.6 Å². The first-order valence-electron chi connectivity index (χ1n) is 14.2.